The van der Waals surface area contributed by atoms with E-state index in [4.69, 9.17) is 0 Å². The van der Waals surface area contributed by atoms with Gasteiger partial charge in [-0.05, 0) is 49.8 Å². The summed E-state index contributed by atoms with van der Waals surface area (Å²) in [6.45, 7) is 4.46. The summed E-state index contributed by atoms with van der Waals surface area (Å²) in [4.78, 5) is 14.3. The SMILES string of the molecule is Cc1nn(-c2ccccc2)c(C)c1/C=C/C(=O)NCc1cccc(N(C)C)c1. The van der Waals surface area contributed by atoms with Crippen molar-refractivity contribution in [2.75, 3.05) is 19.0 Å². The second-order valence-corrected chi connectivity index (χ2v) is 6.95. The lowest BCUT2D eigenvalue weighted by Gasteiger charge is -2.13. The van der Waals surface area contributed by atoms with Crippen molar-refractivity contribution in [1.29, 1.82) is 0 Å². The first-order valence-corrected chi connectivity index (χ1v) is 9.29. The van der Waals surface area contributed by atoms with Gasteiger partial charge in [0.2, 0.25) is 5.91 Å². The standard InChI is InChI=1S/C23H26N4O/c1-17-22(18(2)27(25-17)20-10-6-5-7-11-20)13-14-23(28)24-16-19-9-8-12-21(15-19)26(3)4/h5-15H,16H2,1-4H3,(H,24,28)/b14-13+. The smallest absolute Gasteiger partial charge is 0.244 e. The van der Waals surface area contributed by atoms with E-state index in [9.17, 15) is 4.79 Å². The molecule has 0 bridgehead atoms. The number of carbonyl (C=O) groups excluding carboxylic acids is 1. The molecule has 0 atom stereocenters. The maximum atomic E-state index is 12.3. The minimum absolute atomic E-state index is 0.124. The number of aryl methyl sites for hydroxylation is 1. The largest absolute Gasteiger partial charge is 0.378 e. The summed E-state index contributed by atoms with van der Waals surface area (Å²) < 4.78 is 1.90. The molecule has 3 aromatic rings. The minimum Gasteiger partial charge on any atom is -0.378 e. The van der Waals surface area contributed by atoms with Crippen molar-refractivity contribution in [3.8, 4) is 5.69 Å². The first-order chi connectivity index (χ1) is 13.5. The first-order valence-electron chi connectivity index (χ1n) is 9.29. The van der Waals surface area contributed by atoms with Crippen LogP contribution in [0.4, 0.5) is 5.69 Å². The molecule has 0 unspecified atom stereocenters. The summed E-state index contributed by atoms with van der Waals surface area (Å²) >= 11 is 0. The molecule has 0 saturated carbocycles. The molecule has 28 heavy (non-hydrogen) atoms. The van der Waals surface area contributed by atoms with Gasteiger partial charge in [0.1, 0.15) is 0 Å². The molecule has 0 aliphatic carbocycles. The van der Waals surface area contributed by atoms with E-state index in [0.717, 1.165) is 33.9 Å². The lowest BCUT2D eigenvalue weighted by atomic mass is 10.1. The fourth-order valence-electron chi connectivity index (χ4n) is 3.07. The molecule has 1 amide bonds. The van der Waals surface area contributed by atoms with Crippen LogP contribution in [0, 0.1) is 13.8 Å². The number of rotatable bonds is 6. The Bertz CT molecular complexity index is 987. The maximum Gasteiger partial charge on any atom is 0.244 e. The van der Waals surface area contributed by atoms with Crippen LogP contribution in [0.1, 0.15) is 22.5 Å². The molecule has 0 aliphatic rings. The van der Waals surface area contributed by atoms with Gasteiger partial charge in [-0.2, -0.15) is 5.10 Å². The van der Waals surface area contributed by atoms with Gasteiger partial charge >= 0.3 is 0 Å². The number of nitrogens with zero attached hydrogens (tertiary/aromatic N) is 3. The second kappa shape index (κ2) is 8.57. The van der Waals surface area contributed by atoms with Crippen molar-refractivity contribution in [3.05, 3.63) is 83.2 Å². The number of hydrogen-bond acceptors (Lipinski definition) is 3. The molecular formula is C23H26N4O. The van der Waals surface area contributed by atoms with Crippen LogP contribution in [0.25, 0.3) is 11.8 Å². The Balaban J connectivity index is 1.68. The number of amides is 1. The molecule has 1 heterocycles. The predicted octanol–water partition coefficient (Wildman–Crippen LogP) is 3.88. The Labute approximate surface area is 166 Å². The van der Waals surface area contributed by atoms with Gasteiger partial charge in [-0.1, -0.05) is 30.3 Å². The van der Waals surface area contributed by atoms with Crippen molar-refractivity contribution in [3.63, 3.8) is 0 Å². The van der Waals surface area contributed by atoms with Gasteiger partial charge in [0.15, 0.2) is 0 Å². The average Bonchev–Trinajstić information content (AvgIpc) is 2.99. The predicted molar refractivity (Wildman–Crippen MR) is 115 cm³/mol. The highest BCUT2D eigenvalue weighted by Gasteiger charge is 2.10. The van der Waals surface area contributed by atoms with E-state index < -0.39 is 0 Å². The number of benzene rings is 2. The summed E-state index contributed by atoms with van der Waals surface area (Å²) in [6, 6.07) is 18.1. The Morgan fingerprint density at radius 3 is 2.57 bits per heavy atom. The van der Waals surface area contributed by atoms with Crippen LogP contribution in [0.2, 0.25) is 0 Å². The molecule has 3 rings (SSSR count). The number of hydrogen-bond donors (Lipinski definition) is 1. The van der Waals surface area contributed by atoms with Gasteiger partial charge in [-0.25, -0.2) is 4.68 Å². The third kappa shape index (κ3) is 4.49. The fourth-order valence-corrected chi connectivity index (χ4v) is 3.07. The molecule has 1 aromatic heterocycles. The monoisotopic (exact) mass is 374 g/mol. The average molecular weight is 374 g/mol. The Hall–Kier alpha value is -3.34. The van der Waals surface area contributed by atoms with Crippen molar-refractivity contribution < 1.29 is 4.79 Å². The maximum absolute atomic E-state index is 12.3. The van der Waals surface area contributed by atoms with Crippen molar-refractivity contribution in [1.82, 2.24) is 15.1 Å². The molecular weight excluding hydrogens is 348 g/mol. The summed E-state index contributed by atoms with van der Waals surface area (Å²) in [5.74, 6) is -0.124. The van der Waals surface area contributed by atoms with Crippen LogP contribution in [0.15, 0.2) is 60.7 Å². The highest BCUT2D eigenvalue weighted by atomic mass is 16.1. The van der Waals surface area contributed by atoms with E-state index in [1.165, 1.54) is 0 Å². The van der Waals surface area contributed by atoms with E-state index in [1.807, 2.05) is 92.1 Å². The normalized spacial score (nSPS) is 11.0. The molecule has 5 nitrogen and oxygen atoms in total. The van der Waals surface area contributed by atoms with Gasteiger partial charge in [-0.15, -0.1) is 0 Å². The molecule has 0 spiro atoms. The van der Waals surface area contributed by atoms with Gasteiger partial charge in [0.05, 0.1) is 11.4 Å². The van der Waals surface area contributed by atoms with Crippen LogP contribution in [-0.4, -0.2) is 29.8 Å². The van der Waals surface area contributed by atoms with E-state index in [0.29, 0.717) is 6.54 Å². The van der Waals surface area contributed by atoms with Gasteiger partial charge in [-0.3, -0.25) is 4.79 Å². The van der Waals surface area contributed by atoms with Crippen LogP contribution in [-0.2, 0) is 11.3 Å². The van der Waals surface area contributed by atoms with Gasteiger partial charge in [0, 0.05) is 43.7 Å². The third-order valence-corrected chi connectivity index (χ3v) is 4.64. The number of anilines is 1. The molecule has 0 radical (unpaired) electrons. The zero-order valence-electron chi connectivity index (χ0n) is 16.8. The van der Waals surface area contributed by atoms with Crippen molar-refractivity contribution in [2.45, 2.75) is 20.4 Å². The van der Waals surface area contributed by atoms with Crippen LogP contribution >= 0.6 is 0 Å². The molecule has 2 aromatic carbocycles. The van der Waals surface area contributed by atoms with Gasteiger partial charge < -0.3 is 10.2 Å². The molecule has 144 valence electrons. The number of carbonyl (C=O) groups is 1. The fraction of sp³-hybridized carbons (Fsp3) is 0.217. The molecule has 0 aliphatic heterocycles. The Morgan fingerprint density at radius 1 is 1.11 bits per heavy atom. The number of para-hydroxylation sites is 1. The highest BCUT2D eigenvalue weighted by molar-refractivity contribution is 5.92. The quantitative estimate of drug-likeness (QED) is 0.666. The van der Waals surface area contributed by atoms with Crippen LogP contribution in [0.3, 0.4) is 0 Å². The number of nitrogens with one attached hydrogen (secondary N) is 1. The summed E-state index contributed by atoms with van der Waals surface area (Å²) in [6.07, 6.45) is 3.41. The van der Waals surface area contributed by atoms with Crippen molar-refractivity contribution in [2.24, 2.45) is 0 Å². The van der Waals surface area contributed by atoms with Crippen LogP contribution in [0.5, 0.6) is 0 Å². The van der Waals surface area contributed by atoms with Crippen molar-refractivity contribution >= 4 is 17.7 Å². The second-order valence-electron chi connectivity index (χ2n) is 6.95. The zero-order chi connectivity index (χ0) is 20.1. The lowest BCUT2D eigenvalue weighted by molar-refractivity contribution is -0.116. The van der Waals surface area contributed by atoms with E-state index >= 15 is 0 Å². The molecule has 0 saturated heterocycles. The van der Waals surface area contributed by atoms with E-state index in [-0.39, 0.29) is 5.91 Å². The molecule has 1 N–H and O–H groups in total. The lowest BCUT2D eigenvalue weighted by Crippen LogP contribution is -2.20. The Morgan fingerprint density at radius 2 is 1.86 bits per heavy atom. The van der Waals surface area contributed by atoms with E-state index in [1.54, 1.807) is 6.08 Å². The Kier molecular flexibility index (Phi) is 5.94. The highest BCUT2D eigenvalue weighted by Crippen LogP contribution is 2.19. The first kappa shape index (κ1) is 19.4. The summed E-state index contributed by atoms with van der Waals surface area (Å²) in [5, 5.41) is 7.55. The third-order valence-electron chi connectivity index (χ3n) is 4.64. The van der Waals surface area contributed by atoms with E-state index in [2.05, 4.69) is 16.5 Å². The zero-order valence-corrected chi connectivity index (χ0v) is 16.8. The minimum atomic E-state index is -0.124. The molecule has 5 heteroatoms. The summed E-state index contributed by atoms with van der Waals surface area (Å²) in [7, 11) is 4.00. The number of aromatic nitrogens is 2. The van der Waals surface area contributed by atoms with Gasteiger partial charge in [0.25, 0.3) is 0 Å². The topological polar surface area (TPSA) is 50.2 Å². The van der Waals surface area contributed by atoms with Crippen LogP contribution < -0.4 is 10.2 Å². The molecule has 0 fully saturated rings. The summed E-state index contributed by atoms with van der Waals surface area (Å²) in [5.41, 5.74) is 6.05.